The highest BCUT2D eigenvalue weighted by Crippen LogP contribution is 2.16. The molecule has 1 saturated heterocycles. The van der Waals surface area contributed by atoms with Crippen LogP contribution in [0.15, 0.2) is 18.2 Å². The predicted octanol–water partition coefficient (Wildman–Crippen LogP) is 2.95. The maximum atomic E-state index is 13.2. The van der Waals surface area contributed by atoms with Gasteiger partial charge in [0.05, 0.1) is 0 Å². The lowest BCUT2D eigenvalue weighted by atomic mass is 10.1. The number of benzene rings is 1. The van der Waals surface area contributed by atoms with E-state index in [-0.39, 0.29) is 17.8 Å². The molecule has 1 N–H and O–H groups in total. The zero-order chi connectivity index (χ0) is 13.8. The molecular formula is C15H21FN2O. The lowest BCUT2D eigenvalue weighted by molar-refractivity contribution is -0.132. The highest BCUT2D eigenvalue weighted by atomic mass is 19.1. The second-order valence-electron chi connectivity index (χ2n) is 5.22. The molecule has 1 amide bonds. The van der Waals surface area contributed by atoms with E-state index in [2.05, 4.69) is 5.32 Å². The summed E-state index contributed by atoms with van der Waals surface area (Å²) in [4.78, 5) is 14.2. The van der Waals surface area contributed by atoms with Crippen molar-refractivity contribution in [2.24, 2.45) is 0 Å². The number of halogens is 1. The largest absolute Gasteiger partial charge is 0.374 e. The molecule has 19 heavy (non-hydrogen) atoms. The summed E-state index contributed by atoms with van der Waals surface area (Å²) >= 11 is 0. The van der Waals surface area contributed by atoms with Crippen molar-refractivity contribution < 1.29 is 9.18 Å². The van der Waals surface area contributed by atoms with Crippen molar-refractivity contribution in [3.8, 4) is 0 Å². The Morgan fingerprint density at radius 3 is 2.63 bits per heavy atom. The van der Waals surface area contributed by atoms with E-state index in [0.29, 0.717) is 5.56 Å². The Morgan fingerprint density at radius 2 is 2.00 bits per heavy atom. The molecule has 0 spiro atoms. The highest BCUT2D eigenvalue weighted by Gasteiger charge is 2.21. The molecule has 0 bridgehead atoms. The molecule has 0 aromatic heterocycles. The van der Waals surface area contributed by atoms with Gasteiger partial charge in [-0.3, -0.25) is 4.79 Å². The van der Waals surface area contributed by atoms with Crippen molar-refractivity contribution in [2.45, 2.75) is 39.2 Å². The third kappa shape index (κ3) is 3.46. The minimum Gasteiger partial charge on any atom is -0.374 e. The van der Waals surface area contributed by atoms with Crippen LogP contribution in [0.1, 0.15) is 31.7 Å². The number of piperidine rings is 1. The van der Waals surface area contributed by atoms with Crippen LogP contribution in [0, 0.1) is 12.7 Å². The van der Waals surface area contributed by atoms with E-state index in [4.69, 9.17) is 0 Å². The Hall–Kier alpha value is -1.58. The second kappa shape index (κ2) is 6.04. The number of rotatable bonds is 3. The number of carbonyl (C=O) groups excluding carboxylic acids is 1. The van der Waals surface area contributed by atoms with E-state index in [0.717, 1.165) is 31.6 Å². The smallest absolute Gasteiger partial charge is 0.244 e. The molecule has 3 nitrogen and oxygen atoms in total. The zero-order valence-electron chi connectivity index (χ0n) is 11.6. The van der Waals surface area contributed by atoms with Gasteiger partial charge in [-0.1, -0.05) is 0 Å². The summed E-state index contributed by atoms with van der Waals surface area (Å²) < 4.78 is 13.2. The zero-order valence-corrected chi connectivity index (χ0v) is 11.6. The van der Waals surface area contributed by atoms with E-state index < -0.39 is 0 Å². The maximum absolute atomic E-state index is 13.2. The molecule has 1 aliphatic heterocycles. The normalized spacial score (nSPS) is 17.1. The fourth-order valence-electron chi connectivity index (χ4n) is 2.43. The maximum Gasteiger partial charge on any atom is 0.244 e. The number of amides is 1. The summed E-state index contributed by atoms with van der Waals surface area (Å²) in [5.74, 6) is -0.0951. The Kier molecular flexibility index (Phi) is 4.40. The van der Waals surface area contributed by atoms with E-state index >= 15 is 0 Å². The van der Waals surface area contributed by atoms with E-state index in [1.807, 2.05) is 11.8 Å². The monoisotopic (exact) mass is 264 g/mol. The summed E-state index contributed by atoms with van der Waals surface area (Å²) in [6.45, 7) is 5.29. The van der Waals surface area contributed by atoms with Crippen molar-refractivity contribution in [3.63, 3.8) is 0 Å². The summed E-state index contributed by atoms with van der Waals surface area (Å²) in [5.41, 5.74) is 1.37. The molecule has 0 saturated carbocycles. The molecule has 2 rings (SSSR count). The number of hydrogen-bond acceptors (Lipinski definition) is 2. The first-order chi connectivity index (χ1) is 9.08. The second-order valence-corrected chi connectivity index (χ2v) is 5.22. The fraction of sp³-hybridized carbons (Fsp3) is 0.533. The highest BCUT2D eigenvalue weighted by molar-refractivity contribution is 5.84. The van der Waals surface area contributed by atoms with Gasteiger partial charge in [0.1, 0.15) is 11.9 Å². The summed E-state index contributed by atoms with van der Waals surface area (Å²) in [5, 5.41) is 3.15. The average molecular weight is 264 g/mol. The number of aryl methyl sites for hydroxylation is 1. The number of hydrogen-bond donors (Lipinski definition) is 1. The van der Waals surface area contributed by atoms with Gasteiger partial charge in [0.25, 0.3) is 0 Å². The number of carbonyl (C=O) groups is 1. The van der Waals surface area contributed by atoms with Gasteiger partial charge in [0.15, 0.2) is 0 Å². The van der Waals surface area contributed by atoms with Crippen LogP contribution < -0.4 is 5.32 Å². The molecule has 1 fully saturated rings. The molecule has 0 aliphatic carbocycles. The summed E-state index contributed by atoms with van der Waals surface area (Å²) in [6.07, 6.45) is 3.39. The average Bonchev–Trinajstić information content (AvgIpc) is 2.43. The van der Waals surface area contributed by atoms with Crippen LogP contribution in [0.3, 0.4) is 0 Å². The summed E-state index contributed by atoms with van der Waals surface area (Å²) in [7, 11) is 0. The fourth-order valence-corrected chi connectivity index (χ4v) is 2.43. The Balaban J connectivity index is 1.97. The van der Waals surface area contributed by atoms with Gasteiger partial charge in [-0.15, -0.1) is 0 Å². The number of anilines is 1. The molecule has 1 aromatic carbocycles. The van der Waals surface area contributed by atoms with Crippen molar-refractivity contribution in [2.75, 3.05) is 18.4 Å². The van der Waals surface area contributed by atoms with Gasteiger partial charge in [0, 0.05) is 18.8 Å². The van der Waals surface area contributed by atoms with Gasteiger partial charge in [-0.25, -0.2) is 4.39 Å². The van der Waals surface area contributed by atoms with E-state index in [1.165, 1.54) is 12.5 Å². The standard InChI is InChI=1S/C15H21FN2O/c1-11-10-13(6-7-14(11)16)17-12(2)15(19)18-8-4-3-5-9-18/h6-7,10,12,17H,3-5,8-9H2,1-2H3. The van der Waals surface area contributed by atoms with Crippen LogP contribution in [-0.4, -0.2) is 29.9 Å². The van der Waals surface area contributed by atoms with Gasteiger partial charge < -0.3 is 10.2 Å². The SMILES string of the molecule is Cc1cc(NC(C)C(=O)N2CCCCC2)ccc1F. The third-order valence-electron chi connectivity index (χ3n) is 3.58. The molecule has 1 aromatic rings. The van der Waals surface area contributed by atoms with Crippen molar-refractivity contribution in [3.05, 3.63) is 29.6 Å². The molecular weight excluding hydrogens is 243 g/mol. The Bertz CT molecular complexity index is 455. The molecule has 1 heterocycles. The van der Waals surface area contributed by atoms with E-state index in [9.17, 15) is 9.18 Å². The Labute approximate surface area is 113 Å². The van der Waals surface area contributed by atoms with Gasteiger partial charge >= 0.3 is 0 Å². The first-order valence-corrected chi connectivity index (χ1v) is 6.89. The minimum absolute atomic E-state index is 0.127. The molecule has 4 heteroatoms. The Morgan fingerprint density at radius 1 is 1.32 bits per heavy atom. The van der Waals surface area contributed by atoms with Crippen LogP contribution in [0.2, 0.25) is 0 Å². The molecule has 1 atom stereocenters. The molecule has 1 aliphatic rings. The van der Waals surface area contributed by atoms with Gasteiger partial charge in [-0.2, -0.15) is 0 Å². The minimum atomic E-state index is -0.275. The van der Waals surface area contributed by atoms with Crippen molar-refractivity contribution in [1.29, 1.82) is 0 Å². The third-order valence-corrected chi connectivity index (χ3v) is 3.58. The first kappa shape index (κ1) is 13.8. The van der Waals surface area contributed by atoms with Crippen LogP contribution in [0.25, 0.3) is 0 Å². The number of nitrogens with zero attached hydrogens (tertiary/aromatic N) is 1. The van der Waals surface area contributed by atoms with Gasteiger partial charge in [0.2, 0.25) is 5.91 Å². The lowest BCUT2D eigenvalue weighted by Gasteiger charge is -2.29. The van der Waals surface area contributed by atoms with Crippen LogP contribution in [-0.2, 0) is 4.79 Å². The molecule has 0 radical (unpaired) electrons. The van der Waals surface area contributed by atoms with Crippen LogP contribution in [0.5, 0.6) is 0 Å². The number of nitrogens with one attached hydrogen (secondary N) is 1. The van der Waals surface area contributed by atoms with E-state index in [1.54, 1.807) is 19.1 Å². The summed E-state index contributed by atoms with van der Waals surface area (Å²) in [6, 6.07) is 4.55. The first-order valence-electron chi connectivity index (χ1n) is 6.89. The quantitative estimate of drug-likeness (QED) is 0.910. The lowest BCUT2D eigenvalue weighted by Crippen LogP contribution is -2.43. The molecule has 104 valence electrons. The van der Waals surface area contributed by atoms with Crippen LogP contribution in [0.4, 0.5) is 10.1 Å². The van der Waals surface area contributed by atoms with Crippen LogP contribution >= 0.6 is 0 Å². The van der Waals surface area contributed by atoms with Crippen molar-refractivity contribution >= 4 is 11.6 Å². The van der Waals surface area contributed by atoms with Gasteiger partial charge in [-0.05, 0) is 56.9 Å². The topological polar surface area (TPSA) is 32.3 Å². The van der Waals surface area contributed by atoms with Crippen molar-refractivity contribution in [1.82, 2.24) is 4.90 Å². The number of likely N-dealkylation sites (tertiary alicyclic amines) is 1. The predicted molar refractivity (Wildman–Crippen MR) is 74.7 cm³/mol. The molecule has 1 unspecified atom stereocenters.